The summed E-state index contributed by atoms with van der Waals surface area (Å²) >= 11 is 0. The van der Waals surface area contributed by atoms with E-state index in [-0.39, 0.29) is 5.91 Å². The van der Waals surface area contributed by atoms with Gasteiger partial charge in [-0.15, -0.1) is 0 Å². The second-order valence-corrected chi connectivity index (χ2v) is 8.08. The first-order valence-electron chi connectivity index (χ1n) is 11.7. The van der Waals surface area contributed by atoms with Crippen molar-refractivity contribution in [1.29, 1.82) is 0 Å². The van der Waals surface area contributed by atoms with E-state index in [0.717, 1.165) is 28.2 Å². The van der Waals surface area contributed by atoms with Crippen molar-refractivity contribution in [2.45, 2.75) is 26.2 Å². The Morgan fingerprint density at radius 3 is 1.72 bits per heavy atom. The molecule has 0 heterocycles. The number of nitrogens with zero attached hydrogens (tertiary/aromatic N) is 1. The van der Waals surface area contributed by atoms with E-state index in [9.17, 15) is 4.79 Å². The number of hydrogen-bond acceptors (Lipinski definition) is 5. The summed E-state index contributed by atoms with van der Waals surface area (Å²) in [6, 6.07) is 34.6. The zero-order chi connectivity index (χ0) is 25.0. The molecule has 0 aromatic heterocycles. The van der Waals surface area contributed by atoms with Gasteiger partial charge in [0.2, 0.25) is 0 Å². The van der Waals surface area contributed by atoms with Crippen molar-refractivity contribution in [3.05, 3.63) is 126 Å². The van der Waals surface area contributed by atoms with Gasteiger partial charge in [-0.1, -0.05) is 60.7 Å². The molecule has 0 saturated heterocycles. The Hall–Kier alpha value is -4.58. The first kappa shape index (κ1) is 24.5. The number of carbonyl (C=O) groups excluding carboxylic acids is 1. The van der Waals surface area contributed by atoms with Crippen LogP contribution in [0.4, 0.5) is 0 Å². The molecule has 1 N–H and O–H groups in total. The van der Waals surface area contributed by atoms with Crippen LogP contribution in [0.25, 0.3) is 0 Å². The first-order chi connectivity index (χ1) is 17.7. The van der Waals surface area contributed by atoms with E-state index in [2.05, 4.69) is 10.5 Å². The minimum atomic E-state index is -0.716. The first-order valence-corrected chi connectivity index (χ1v) is 11.7. The third kappa shape index (κ3) is 7.74. The number of carbonyl (C=O) groups is 1. The van der Waals surface area contributed by atoms with Gasteiger partial charge in [0.05, 0.1) is 6.21 Å². The van der Waals surface area contributed by atoms with Crippen LogP contribution in [0.3, 0.4) is 0 Å². The standard InChI is InChI=1S/C30H28N2O4/c1-23(36-29-18-16-28(17-19-29)35-22-26-10-6-3-7-11-26)30(33)32-31-20-24-12-14-27(15-13-24)34-21-25-8-4-2-5-9-25/h2-20,23H,21-22H2,1H3,(H,32,33)/b31-20-/t23-/m0/s1. The Morgan fingerprint density at radius 2 is 1.19 bits per heavy atom. The summed E-state index contributed by atoms with van der Waals surface area (Å²) < 4.78 is 17.3. The smallest absolute Gasteiger partial charge is 0.280 e. The lowest BCUT2D eigenvalue weighted by Gasteiger charge is -2.13. The van der Waals surface area contributed by atoms with Crippen molar-refractivity contribution >= 4 is 12.1 Å². The molecule has 1 amide bonds. The van der Waals surface area contributed by atoms with Gasteiger partial charge in [0, 0.05) is 0 Å². The van der Waals surface area contributed by atoms with E-state index in [1.54, 1.807) is 25.3 Å². The normalized spacial score (nSPS) is 11.6. The van der Waals surface area contributed by atoms with Crippen LogP contribution in [0.5, 0.6) is 17.2 Å². The molecule has 4 aromatic carbocycles. The van der Waals surface area contributed by atoms with Gasteiger partial charge in [-0.3, -0.25) is 4.79 Å². The average Bonchev–Trinajstić information content (AvgIpc) is 2.93. The molecule has 4 aromatic rings. The van der Waals surface area contributed by atoms with Crippen LogP contribution in [0.15, 0.2) is 114 Å². The summed E-state index contributed by atoms with van der Waals surface area (Å²) in [4.78, 5) is 12.3. The Morgan fingerprint density at radius 1 is 0.722 bits per heavy atom. The fourth-order valence-corrected chi connectivity index (χ4v) is 3.27. The average molecular weight is 481 g/mol. The molecule has 0 saturated carbocycles. The van der Waals surface area contributed by atoms with E-state index < -0.39 is 6.10 Å². The van der Waals surface area contributed by atoms with Crippen molar-refractivity contribution < 1.29 is 19.0 Å². The second kappa shape index (κ2) is 12.8. The second-order valence-electron chi connectivity index (χ2n) is 8.08. The third-order valence-electron chi connectivity index (χ3n) is 5.27. The topological polar surface area (TPSA) is 69.2 Å². The Bertz CT molecular complexity index is 1240. The lowest BCUT2D eigenvalue weighted by atomic mass is 10.2. The van der Waals surface area contributed by atoms with Gasteiger partial charge in [-0.25, -0.2) is 5.43 Å². The molecule has 6 nitrogen and oxygen atoms in total. The van der Waals surface area contributed by atoms with Crippen LogP contribution in [-0.4, -0.2) is 18.2 Å². The largest absolute Gasteiger partial charge is 0.489 e. The molecule has 0 fully saturated rings. The molecule has 6 heteroatoms. The van der Waals surface area contributed by atoms with Crippen LogP contribution in [-0.2, 0) is 18.0 Å². The maximum Gasteiger partial charge on any atom is 0.280 e. The highest BCUT2D eigenvalue weighted by Gasteiger charge is 2.14. The molecule has 0 aliphatic carbocycles. The Labute approximate surface area is 211 Å². The predicted molar refractivity (Wildman–Crippen MR) is 140 cm³/mol. The molecule has 0 spiro atoms. The Balaban J connectivity index is 1.19. The summed E-state index contributed by atoms with van der Waals surface area (Å²) in [5, 5.41) is 4.03. The van der Waals surface area contributed by atoms with Gasteiger partial charge < -0.3 is 14.2 Å². The van der Waals surface area contributed by atoms with Crippen molar-refractivity contribution in [2.24, 2.45) is 5.10 Å². The molecule has 36 heavy (non-hydrogen) atoms. The van der Waals surface area contributed by atoms with Crippen molar-refractivity contribution in [2.75, 3.05) is 0 Å². The molecule has 0 bridgehead atoms. The van der Waals surface area contributed by atoms with Gasteiger partial charge in [-0.05, 0) is 72.1 Å². The van der Waals surface area contributed by atoms with Crippen LogP contribution >= 0.6 is 0 Å². The van der Waals surface area contributed by atoms with Crippen molar-refractivity contribution in [3.63, 3.8) is 0 Å². The van der Waals surface area contributed by atoms with Crippen LogP contribution < -0.4 is 19.6 Å². The van der Waals surface area contributed by atoms with E-state index in [4.69, 9.17) is 14.2 Å². The Kier molecular flexibility index (Phi) is 8.70. The van der Waals surface area contributed by atoms with Crippen LogP contribution in [0.1, 0.15) is 23.6 Å². The fraction of sp³-hybridized carbons (Fsp3) is 0.133. The molecule has 182 valence electrons. The minimum absolute atomic E-state index is 0.349. The highest BCUT2D eigenvalue weighted by atomic mass is 16.5. The fourth-order valence-electron chi connectivity index (χ4n) is 3.27. The quantitative estimate of drug-likeness (QED) is 0.219. The zero-order valence-corrected chi connectivity index (χ0v) is 20.0. The van der Waals surface area contributed by atoms with Crippen molar-refractivity contribution in [1.82, 2.24) is 5.43 Å². The van der Waals surface area contributed by atoms with Gasteiger partial charge in [0.1, 0.15) is 30.5 Å². The van der Waals surface area contributed by atoms with E-state index in [0.29, 0.717) is 19.0 Å². The van der Waals surface area contributed by atoms with E-state index >= 15 is 0 Å². The van der Waals surface area contributed by atoms with Gasteiger partial charge in [0.15, 0.2) is 6.10 Å². The number of ether oxygens (including phenoxy) is 3. The number of benzene rings is 4. The molecule has 0 aliphatic rings. The number of amides is 1. The maximum absolute atomic E-state index is 12.3. The lowest BCUT2D eigenvalue weighted by Crippen LogP contribution is -2.33. The zero-order valence-electron chi connectivity index (χ0n) is 20.0. The van der Waals surface area contributed by atoms with Gasteiger partial charge in [0.25, 0.3) is 5.91 Å². The number of hydrazone groups is 1. The third-order valence-corrected chi connectivity index (χ3v) is 5.27. The summed E-state index contributed by atoms with van der Waals surface area (Å²) in [6.07, 6.45) is 0.858. The van der Waals surface area contributed by atoms with E-state index in [1.807, 2.05) is 97.1 Å². The molecule has 0 radical (unpaired) electrons. The van der Waals surface area contributed by atoms with Crippen LogP contribution in [0.2, 0.25) is 0 Å². The highest BCUT2D eigenvalue weighted by molar-refractivity contribution is 5.84. The molecule has 0 aliphatic heterocycles. The maximum atomic E-state index is 12.3. The summed E-state index contributed by atoms with van der Waals surface area (Å²) in [5.74, 6) is 1.71. The number of hydrogen-bond donors (Lipinski definition) is 1. The number of nitrogens with one attached hydrogen (secondary N) is 1. The lowest BCUT2D eigenvalue weighted by molar-refractivity contribution is -0.127. The van der Waals surface area contributed by atoms with E-state index in [1.165, 1.54) is 0 Å². The molecular weight excluding hydrogens is 452 g/mol. The molecular formula is C30H28N2O4. The molecule has 0 unspecified atom stereocenters. The van der Waals surface area contributed by atoms with Crippen LogP contribution in [0, 0.1) is 0 Å². The summed E-state index contributed by atoms with van der Waals surface area (Å²) in [5.41, 5.74) is 5.55. The van der Waals surface area contributed by atoms with Crippen molar-refractivity contribution in [3.8, 4) is 17.2 Å². The number of rotatable bonds is 11. The summed E-state index contributed by atoms with van der Waals surface area (Å²) in [7, 11) is 0. The van der Waals surface area contributed by atoms with Gasteiger partial charge >= 0.3 is 0 Å². The monoisotopic (exact) mass is 480 g/mol. The SMILES string of the molecule is C[C@H](Oc1ccc(OCc2ccccc2)cc1)C(=O)N/N=C\c1ccc(OCc2ccccc2)cc1. The van der Waals surface area contributed by atoms with Gasteiger partial charge in [-0.2, -0.15) is 5.10 Å². The minimum Gasteiger partial charge on any atom is -0.489 e. The highest BCUT2D eigenvalue weighted by Crippen LogP contribution is 2.20. The molecule has 1 atom stereocenters. The molecule has 4 rings (SSSR count). The predicted octanol–water partition coefficient (Wildman–Crippen LogP) is 5.76. The summed E-state index contributed by atoms with van der Waals surface area (Å²) in [6.45, 7) is 2.66.